The van der Waals surface area contributed by atoms with Crippen LogP contribution in [0.3, 0.4) is 0 Å². The van der Waals surface area contributed by atoms with Crippen molar-refractivity contribution in [3.63, 3.8) is 0 Å². The lowest BCUT2D eigenvalue weighted by molar-refractivity contribution is -0.151. The van der Waals surface area contributed by atoms with Crippen LogP contribution >= 0.6 is 0 Å². The zero-order valence-corrected chi connectivity index (χ0v) is 11.6. The van der Waals surface area contributed by atoms with Gasteiger partial charge in [0.25, 0.3) is 0 Å². The van der Waals surface area contributed by atoms with Crippen molar-refractivity contribution in [2.75, 3.05) is 24.6 Å². The molecule has 2 rings (SSSR count). The second-order valence-corrected chi connectivity index (χ2v) is 8.04. The van der Waals surface area contributed by atoms with E-state index >= 15 is 0 Å². The minimum atomic E-state index is -2.88. The number of aliphatic carboxylic acids is 1. The van der Waals surface area contributed by atoms with E-state index in [1.165, 1.54) is 0 Å². The number of hydrogen-bond acceptors (Lipinski definition) is 4. The third-order valence-electron chi connectivity index (χ3n) is 4.37. The van der Waals surface area contributed by atoms with E-state index in [0.717, 1.165) is 12.8 Å². The molecular formula is C12H21NO4S. The number of piperidine rings is 1. The van der Waals surface area contributed by atoms with Crippen LogP contribution in [0.2, 0.25) is 0 Å². The Kier molecular flexibility index (Phi) is 3.69. The van der Waals surface area contributed by atoms with Crippen LogP contribution < -0.4 is 0 Å². The molecule has 104 valence electrons. The van der Waals surface area contributed by atoms with Crippen molar-refractivity contribution in [3.05, 3.63) is 0 Å². The number of hydrogen-bond donors (Lipinski definition) is 1. The van der Waals surface area contributed by atoms with Crippen LogP contribution in [0.4, 0.5) is 0 Å². The average molecular weight is 275 g/mol. The standard InChI is InChI=1S/C12H21NO4S/c1-12(11(14)15)4-6-13(7-5-12)10-3-2-8-18(16,17)9-10/h10H,2-9H2,1H3,(H,14,15). The summed E-state index contributed by atoms with van der Waals surface area (Å²) < 4.78 is 23.2. The van der Waals surface area contributed by atoms with Crippen molar-refractivity contribution >= 4 is 15.8 Å². The summed E-state index contributed by atoms with van der Waals surface area (Å²) in [7, 11) is -2.88. The fourth-order valence-corrected chi connectivity index (χ4v) is 4.62. The van der Waals surface area contributed by atoms with Crippen LogP contribution in [0.25, 0.3) is 0 Å². The third kappa shape index (κ3) is 2.85. The van der Waals surface area contributed by atoms with Gasteiger partial charge in [-0.3, -0.25) is 9.69 Å². The maximum Gasteiger partial charge on any atom is 0.309 e. The maximum atomic E-state index is 11.6. The molecule has 0 radical (unpaired) electrons. The van der Waals surface area contributed by atoms with Crippen molar-refractivity contribution in [2.24, 2.45) is 5.41 Å². The highest BCUT2D eigenvalue weighted by Gasteiger charge is 2.39. The summed E-state index contributed by atoms with van der Waals surface area (Å²) in [4.78, 5) is 13.3. The Morgan fingerprint density at radius 2 is 1.94 bits per heavy atom. The molecule has 0 aromatic carbocycles. The predicted molar refractivity (Wildman–Crippen MR) is 68.2 cm³/mol. The molecule has 0 amide bonds. The normalized spacial score (nSPS) is 31.9. The van der Waals surface area contributed by atoms with Crippen LogP contribution in [-0.4, -0.2) is 55.0 Å². The molecule has 0 spiro atoms. The predicted octanol–water partition coefficient (Wildman–Crippen LogP) is 0.750. The largest absolute Gasteiger partial charge is 0.481 e. The summed E-state index contributed by atoms with van der Waals surface area (Å²) in [6.07, 6.45) is 2.88. The molecule has 1 unspecified atom stereocenters. The van der Waals surface area contributed by atoms with E-state index < -0.39 is 21.2 Å². The van der Waals surface area contributed by atoms with Gasteiger partial charge in [-0.1, -0.05) is 0 Å². The monoisotopic (exact) mass is 275 g/mol. The Balaban J connectivity index is 1.96. The SMILES string of the molecule is CC1(C(=O)O)CCN(C2CCCS(=O)(=O)C2)CC1. The van der Waals surface area contributed by atoms with Crippen molar-refractivity contribution < 1.29 is 18.3 Å². The summed E-state index contributed by atoms with van der Waals surface area (Å²) in [6, 6.07) is 0.0992. The number of sulfone groups is 1. The number of carbonyl (C=O) groups is 1. The quantitative estimate of drug-likeness (QED) is 0.805. The lowest BCUT2D eigenvalue weighted by Crippen LogP contribution is -2.50. The van der Waals surface area contributed by atoms with Gasteiger partial charge in [0.1, 0.15) is 0 Å². The molecule has 0 bridgehead atoms. The van der Waals surface area contributed by atoms with Crippen LogP contribution in [0.5, 0.6) is 0 Å². The van der Waals surface area contributed by atoms with E-state index in [1.807, 2.05) is 0 Å². The van der Waals surface area contributed by atoms with Crippen molar-refractivity contribution in [1.29, 1.82) is 0 Å². The fourth-order valence-electron chi connectivity index (χ4n) is 2.88. The molecule has 6 heteroatoms. The van der Waals surface area contributed by atoms with Crippen LogP contribution in [0.1, 0.15) is 32.6 Å². The topological polar surface area (TPSA) is 74.7 Å². The minimum Gasteiger partial charge on any atom is -0.481 e. The molecule has 2 aliphatic heterocycles. The smallest absolute Gasteiger partial charge is 0.309 e. The highest BCUT2D eigenvalue weighted by molar-refractivity contribution is 7.91. The molecule has 0 aliphatic carbocycles. The summed E-state index contributed by atoms with van der Waals surface area (Å²) >= 11 is 0. The lowest BCUT2D eigenvalue weighted by atomic mass is 9.80. The van der Waals surface area contributed by atoms with Gasteiger partial charge in [-0.05, 0) is 45.7 Å². The van der Waals surface area contributed by atoms with E-state index in [1.54, 1.807) is 6.92 Å². The highest BCUT2D eigenvalue weighted by Crippen LogP contribution is 2.33. The molecule has 2 saturated heterocycles. The molecule has 2 fully saturated rings. The second-order valence-electron chi connectivity index (χ2n) is 5.81. The molecule has 0 aromatic rings. The summed E-state index contributed by atoms with van der Waals surface area (Å²) in [6.45, 7) is 3.18. The number of likely N-dealkylation sites (tertiary alicyclic amines) is 1. The van der Waals surface area contributed by atoms with Gasteiger partial charge in [-0.2, -0.15) is 0 Å². The second kappa shape index (κ2) is 4.81. The summed E-state index contributed by atoms with van der Waals surface area (Å²) in [5, 5.41) is 9.16. The average Bonchev–Trinajstić information content (AvgIpc) is 2.28. The number of nitrogens with zero attached hydrogens (tertiary/aromatic N) is 1. The molecule has 0 aromatic heterocycles. The molecule has 1 atom stereocenters. The number of carboxylic acid groups (broad SMARTS) is 1. The van der Waals surface area contributed by atoms with Gasteiger partial charge in [0.15, 0.2) is 9.84 Å². The molecule has 18 heavy (non-hydrogen) atoms. The summed E-state index contributed by atoms with van der Waals surface area (Å²) in [5.74, 6) is -0.181. The van der Waals surface area contributed by atoms with Gasteiger partial charge < -0.3 is 5.11 Å². The minimum absolute atomic E-state index is 0.0992. The van der Waals surface area contributed by atoms with Crippen LogP contribution in [-0.2, 0) is 14.6 Å². The molecule has 0 saturated carbocycles. The van der Waals surface area contributed by atoms with Crippen molar-refractivity contribution in [2.45, 2.75) is 38.6 Å². The van der Waals surface area contributed by atoms with Crippen molar-refractivity contribution in [3.8, 4) is 0 Å². The molecular weight excluding hydrogens is 254 g/mol. The highest BCUT2D eigenvalue weighted by atomic mass is 32.2. The first-order valence-electron chi connectivity index (χ1n) is 6.50. The molecule has 2 aliphatic rings. The first-order valence-corrected chi connectivity index (χ1v) is 8.32. The van der Waals surface area contributed by atoms with Gasteiger partial charge in [-0.15, -0.1) is 0 Å². The van der Waals surface area contributed by atoms with Gasteiger partial charge in [0.05, 0.1) is 16.9 Å². The number of carboxylic acids is 1. The molecule has 1 N–H and O–H groups in total. The third-order valence-corrected chi connectivity index (χ3v) is 6.18. The van der Waals surface area contributed by atoms with Crippen LogP contribution in [0.15, 0.2) is 0 Å². The Labute approximate surface area is 108 Å². The maximum absolute atomic E-state index is 11.6. The lowest BCUT2D eigenvalue weighted by Gasteiger charge is -2.41. The Bertz CT molecular complexity index is 423. The zero-order valence-electron chi connectivity index (χ0n) is 10.8. The Hall–Kier alpha value is -0.620. The molecule has 5 nitrogen and oxygen atoms in total. The van der Waals surface area contributed by atoms with E-state index in [2.05, 4.69) is 4.90 Å². The van der Waals surface area contributed by atoms with Gasteiger partial charge in [0.2, 0.25) is 0 Å². The van der Waals surface area contributed by atoms with Gasteiger partial charge in [0, 0.05) is 6.04 Å². The van der Waals surface area contributed by atoms with Crippen LogP contribution in [0, 0.1) is 5.41 Å². The first-order chi connectivity index (χ1) is 8.32. The summed E-state index contributed by atoms with van der Waals surface area (Å²) in [5.41, 5.74) is -0.635. The Morgan fingerprint density at radius 3 is 2.44 bits per heavy atom. The van der Waals surface area contributed by atoms with E-state index in [4.69, 9.17) is 5.11 Å². The van der Waals surface area contributed by atoms with Crippen molar-refractivity contribution in [1.82, 2.24) is 4.90 Å². The van der Waals surface area contributed by atoms with E-state index in [9.17, 15) is 13.2 Å². The van der Waals surface area contributed by atoms with E-state index in [0.29, 0.717) is 31.7 Å². The van der Waals surface area contributed by atoms with E-state index in [-0.39, 0.29) is 11.8 Å². The number of rotatable bonds is 2. The zero-order chi connectivity index (χ0) is 13.4. The first kappa shape index (κ1) is 13.8. The fraction of sp³-hybridized carbons (Fsp3) is 0.917. The van der Waals surface area contributed by atoms with Gasteiger partial charge >= 0.3 is 5.97 Å². The Morgan fingerprint density at radius 1 is 1.33 bits per heavy atom. The van der Waals surface area contributed by atoms with Gasteiger partial charge in [-0.25, -0.2) is 8.42 Å². The molecule has 2 heterocycles.